The van der Waals surface area contributed by atoms with Crippen LogP contribution in [-0.2, 0) is 4.79 Å². The molecule has 3 nitrogen and oxygen atoms in total. The quantitative estimate of drug-likeness (QED) is 0.738. The number of hydrogen-bond acceptors (Lipinski definition) is 2. The van der Waals surface area contributed by atoms with Crippen molar-refractivity contribution in [3.8, 4) is 0 Å². The molecule has 1 rings (SSSR count). The molecule has 0 aromatic rings. The molecule has 2 atom stereocenters. The van der Waals surface area contributed by atoms with Crippen LogP contribution in [0.5, 0.6) is 0 Å². The van der Waals surface area contributed by atoms with Crippen LogP contribution in [0.1, 0.15) is 40.0 Å². The lowest BCUT2D eigenvalue weighted by Gasteiger charge is -2.38. The molecule has 98 valence electrons. The van der Waals surface area contributed by atoms with Gasteiger partial charge in [0.15, 0.2) is 0 Å². The predicted octanol–water partition coefficient (Wildman–Crippen LogP) is 2.11. The van der Waals surface area contributed by atoms with E-state index in [1.165, 1.54) is 6.42 Å². The van der Waals surface area contributed by atoms with E-state index < -0.39 is 0 Å². The van der Waals surface area contributed by atoms with Gasteiger partial charge in [-0.2, -0.15) is 0 Å². The molecular weight excluding hydrogens is 214 g/mol. The van der Waals surface area contributed by atoms with E-state index in [9.17, 15) is 4.79 Å². The van der Waals surface area contributed by atoms with Crippen LogP contribution in [0.3, 0.4) is 0 Å². The third kappa shape index (κ3) is 4.90. The Labute approximate surface area is 104 Å². The highest BCUT2D eigenvalue weighted by Gasteiger charge is 2.35. The van der Waals surface area contributed by atoms with Crippen LogP contribution in [0, 0.1) is 17.3 Å². The molecule has 1 saturated carbocycles. The van der Waals surface area contributed by atoms with Crippen LogP contribution in [-0.4, -0.2) is 24.2 Å². The van der Waals surface area contributed by atoms with Crippen LogP contribution in [0.4, 0.5) is 0 Å². The van der Waals surface area contributed by atoms with E-state index in [0.717, 1.165) is 12.8 Å². The summed E-state index contributed by atoms with van der Waals surface area (Å²) in [4.78, 5) is 12.0. The Hall–Kier alpha value is -0.830. The SMILES string of the molecule is CC1CC(C(=O)NCC=CCO)CC(C)(C)C1. The van der Waals surface area contributed by atoms with Crippen molar-refractivity contribution in [1.29, 1.82) is 0 Å². The van der Waals surface area contributed by atoms with Crippen molar-refractivity contribution >= 4 is 5.91 Å². The lowest BCUT2D eigenvalue weighted by molar-refractivity contribution is -0.127. The number of nitrogens with one attached hydrogen (secondary N) is 1. The zero-order valence-electron chi connectivity index (χ0n) is 11.2. The zero-order chi connectivity index (χ0) is 12.9. The molecule has 0 aromatic carbocycles. The molecule has 0 bridgehead atoms. The molecular formula is C14H25NO2. The summed E-state index contributed by atoms with van der Waals surface area (Å²) in [6.07, 6.45) is 6.62. The standard InChI is InChI=1S/C14H25NO2/c1-11-8-12(10-14(2,3)9-11)13(17)15-6-4-5-7-16/h4-5,11-12,16H,6-10H2,1-3H3,(H,15,17). The second kappa shape index (κ2) is 6.20. The van der Waals surface area contributed by atoms with Gasteiger partial charge in [-0.3, -0.25) is 4.79 Å². The van der Waals surface area contributed by atoms with Gasteiger partial charge in [-0.25, -0.2) is 0 Å². The Bertz CT molecular complexity index is 284. The van der Waals surface area contributed by atoms with Crippen LogP contribution in [0.2, 0.25) is 0 Å². The van der Waals surface area contributed by atoms with Gasteiger partial charge in [-0.15, -0.1) is 0 Å². The maximum Gasteiger partial charge on any atom is 0.223 e. The first-order chi connectivity index (χ1) is 7.94. The van der Waals surface area contributed by atoms with Crippen LogP contribution < -0.4 is 5.32 Å². The highest BCUT2D eigenvalue weighted by molar-refractivity contribution is 5.78. The van der Waals surface area contributed by atoms with Gasteiger partial charge in [-0.1, -0.05) is 32.9 Å². The van der Waals surface area contributed by atoms with Gasteiger partial charge in [0.1, 0.15) is 0 Å². The smallest absolute Gasteiger partial charge is 0.223 e. The van der Waals surface area contributed by atoms with Crippen molar-refractivity contribution in [2.24, 2.45) is 17.3 Å². The summed E-state index contributed by atoms with van der Waals surface area (Å²) < 4.78 is 0. The maximum absolute atomic E-state index is 12.0. The minimum Gasteiger partial charge on any atom is -0.392 e. The number of amides is 1. The molecule has 0 heterocycles. The molecule has 0 aromatic heterocycles. The Morgan fingerprint density at radius 1 is 1.41 bits per heavy atom. The maximum atomic E-state index is 12.0. The van der Waals surface area contributed by atoms with Crippen molar-refractivity contribution in [2.45, 2.75) is 40.0 Å². The van der Waals surface area contributed by atoms with Crippen LogP contribution in [0.15, 0.2) is 12.2 Å². The van der Waals surface area contributed by atoms with E-state index in [4.69, 9.17) is 5.11 Å². The van der Waals surface area contributed by atoms with Gasteiger partial charge in [-0.05, 0) is 30.6 Å². The summed E-state index contributed by atoms with van der Waals surface area (Å²) in [5.74, 6) is 0.936. The van der Waals surface area contributed by atoms with Crippen molar-refractivity contribution < 1.29 is 9.90 Å². The van der Waals surface area contributed by atoms with Crippen molar-refractivity contribution in [3.05, 3.63) is 12.2 Å². The third-order valence-electron chi connectivity index (χ3n) is 3.42. The lowest BCUT2D eigenvalue weighted by Crippen LogP contribution is -2.38. The number of rotatable bonds is 4. The molecule has 3 heteroatoms. The summed E-state index contributed by atoms with van der Waals surface area (Å²) >= 11 is 0. The molecule has 2 unspecified atom stereocenters. The minimum absolute atomic E-state index is 0.0311. The molecule has 0 saturated heterocycles. The summed E-state index contributed by atoms with van der Waals surface area (Å²) in [6, 6.07) is 0. The van der Waals surface area contributed by atoms with Gasteiger partial charge in [0.2, 0.25) is 5.91 Å². The average Bonchev–Trinajstić information content (AvgIpc) is 2.21. The first-order valence-electron chi connectivity index (χ1n) is 6.48. The second-order valence-corrected chi connectivity index (χ2v) is 6.01. The van der Waals surface area contributed by atoms with Crippen LogP contribution >= 0.6 is 0 Å². The van der Waals surface area contributed by atoms with Crippen LogP contribution in [0.25, 0.3) is 0 Å². The predicted molar refractivity (Wildman–Crippen MR) is 69.5 cm³/mol. The normalized spacial score (nSPS) is 28.2. The zero-order valence-corrected chi connectivity index (χ0v) is 11.2. The molecule has 1 amide bonds. The van der Waals surface area contributed by atoms with E-state index in [2.05, 4.69) is 26.1 Å². The number of aliphatic hydroxyl groups excluding tert-OH is 1. The molecule has 17 heavy (non-hydrogen) atoms. The number of aliphatic hydroxyl groups is 1. The molecule has 1 aliphatic rings. The average molecular weight is 239 g/mol. The molecule has 1 aliphatic carbocycles. The molecule has 1 fully saturated rings. The fraction of sp³-hybridized carbons (Fsp3) is 0.786. The van der Waals surface area contributed by atoms with Gasteiger partial charge in [0.25, 0.3) is 0 Å². The summed E-state index contributed by atoms with van der Waals surface area (Å²) in [7, 11) is 0. The van der Waals surface area contributed by atoms with Crippen molar-refractivity contribution in [1.82, 2.24) is 5.32 Å². The topological polar surface area (TPSA) is 49.3 Å². The highest BCUT2D eigenvalue weighted by atomic mass is 16.2. The van der Waals surface area contributed by atoms with E-state index >= 15 is 0 Å². The monoisotopic (exact) mass is 239 g/mol. The van der Waals surface area contributed by atoms with Crippen molar-refractivity contribution in [3.63, 3.8) is 0 Å². The summed E-state index contributed by atoms with van der Waals surface area (Å²) in [6.45, 7) is 7.27. The van der Waals surface area contributed by atoms with Gasteiger partial charge in [0, 0.05) is 12.5 Å². The lowest BCUT2D eigenvalue weighted by atomic mass is 9.68. The molecule has 2 N–H and O–H groups in total. The van der Waals surface area contributed by atoms with Gasteiger partial charge in [0.05, 0.1) is 6.61 Å². The highest BCUT2D eigenvalue weighted by Crippen LogP contribution is 2.41. The number of carbonyl (C=O) groups is 1. The van der Waals surface area contributed by atoms with Crippen molar-refractivity contribution in [2.75, 3.05) is 13.2 Å². The van der Waals surface area contributed by atoms with E-state index in [0.29, 0.717) is 12.5 Å². The van der Waals surface area contributed by atoms with E-state index in [-0.39, 0.29) is 23.8 Å². The Balaban J connectivity index is 2.43. The number of hydrogen-bond donors (Lipinski definition) is 2. The van der Waals surface area contributed by atoms with E-state index in [1.54, 1.807) is 12.2 Å². The minimum atomic E-state index is 0.0311. The van der Waals surface area contributed by atoms with E-state index in [1.807, 2.05) is 0 Å². The largest absolute Gasteiger partial charge is 0.392 e. The Morgan fingerprint density at radius 3 is 2.71 bits per heavy atom. The second-order valence-electron chi connectivity index (χ2n) is 6.01. The first kappa shape index (κ1) is 14.2. The first-order valence-corrected chi connectivity index (χ1v) is 6.48. The van der Waals surface area contributed by atoms with Gasteiger partial charge >= 0.3 is 0 Å². The third-order valence-corrected chi connectivity index (χ3v) is 3.42. The summed E-state index contributed by atoms with van der Waals surface area (Å²) in [5, 5.41) is 11.5. The summed E-state index contributed by atoms with van der Waals surface area (Å²) in [5.41, 5.74) is 0.278. The fourth-order valence-corrected chi connectivity index (χ4v) is 3.01. The Morgan fingerprint density at radius 2 is 2.12 bits per heavy atom. The molecule has 0 radical (unpaired) electrons. The molecule has 0 spiro atoms. The molecule has 0 aliphatic heterocycles. The van der Waals surface area contributed by atoms with Gasteiger partial charge < -0.3 is 10.4 Å². The fourth-order valence-electron chi connectivity index (χ4n) is 3.01. The number of carbonyl (C=O) groups excluding carboxylic acids is 1. The Kier molecular flexibility index (Phi) is 5.19.